The molecule has 0 fully saturated rings. The van der Waals surface area contributed by atoms with E-state index in [1.807, 2.05) is 0 Å². The van der Waals surface area contributed by atoms with E-state index in [2.05, 4.69) is 25.5 Å². The Hall–Kier alpha value is -2.18. The van der Waals surface area contributed by atoms with E-state index < -0.39 is 0 Å². The maximum atomic E-state index is 11.7. The van der Waals surface area contributed by atoms with Gasteiger partial charge in [-0.1, -0.05) is 0 Å². The zero-order chi connectivity index (χ0) is 12.1. The van der Waals surface area contributed by atoms with Gasteiger partial charge in [-0.25, -0.2) is 9.97 Å². The third-order valence-corrected chi connectivity index (χ3v) is 2.39. The smallest absolute Gasteiger partial charge is 0.269 e. The van der Waals surface area contributed by atoms with Crippen LogP contribution in [0.2, 0.25) is 0 Å². The van der Waals surface area contributed by atoms with Crippen LogP contribution >= 0.6 is 0 Å². The Balaban J connectivity index is 1.72. The van der Waals surface area contributed by atoms with Gasteiger partial charge in [0.25, 0.3) is 5.91 Å². The third kappa shape index (κ3) is 2.90. The van der Waals surface area contributed by atoms with Crippen LogP contribution in [-0.4, -0.2) is 37.2 Å². The molecule has 0 aliphatic heterocycles. The second-order valence-electron chi connectivity index (χ2n) is 3.68. The fraction of sp³-hybridized carbons (Fsp3) is 0.400. The number of imidazole rings is 1. The minimum absolute atomic E-state index is 0.109. The molecule has 2 heterocycles. The molecular weight excluding hydrogens is 220 g/mol. The summed E-state index contributed by atoms with van der Waals surface area (Å²) in [6.07, 6.45) is 6.21. The van der Waals surface area contributed by atoms with Crippen molar-refractivity contribution >= 4 is 5.91 Å². The number of hydrogen-bond acceptors (Lipinski definition) is 4. The Kier molecular flexibility index (Phi) is 3.49. The van der Waals surface area contributed by atoms with Crippen molar-refractivity contribution in [1.82, 2.24) is 30.0 Å². The SMILES string of the molecule is Cn1cncc1C(=O)NCCCc1ncn[nH]1. The summed E-state index contributed by atoms with van der Waals surface area (Å²) in [5, 5.41) is 9.35. The zero-order valence-electron chi connectivity index (χ0n) is 9.55. The van der Waals surface area contributed by atoms with Crippen LogP contribution in [0.1, 0.15) is 22.7 Å². The highest BCUT2D eigenvalue weighted by Gasteiger charge is 2.08. The van der Waals surface area contributed by atoms with Gasteiger partial charge in [0.15, 0.2) is 0 Å². The number of nitrogens with one attached hydrogen (secondary N) is 2. The van der Waals surface area contributed by atoms with Crippen LogP contribution in [0.5, 0.6) is 0 Å². The van der Waals surface area contributed by atoms with Gasteiger partial charge in [-0.3, -0.25) is 9.89 Å². The van der Waals surface area contributed by atoms with Crippen LogP contribution < -0.4 is 5.32 Å². The molecular formula is C10H14N6O. The monoisotopic (exact) mass is 234 g/mol. The summed E-state index contributed by atoms with van der Waals surface area (Å²) in [6.45, 7) is 0.602. The van der Waals surface area contributed by atoms with E-state index in [-0.39, 0.29) is 5.91 Å². The topological polar surface area (TPSA) is 88.5 Å². The van der Waals surface area contributed by atoms with E-state index in [9.17, 15) is 4.79 Å². The predicted molar refractivity (Wildman–Crippen MR) is 60.2 cm³/mol. The van der Waals surface area contributed by atoms with Gasteiger partial charge in [-0.05, 0) is 6.42 Å². The minimum Gasteiger partial charge on any atom is -0.351 e. The molecule has 0 aliphatic carbocycles. The lowest BCUT2D eigenvalue weighted by molar-refractivity contribution is 0.0945. The van der Waals surface area contributed by atoms with Crippen molar-refractivity contribution in [2.75, 3.05) is 6.54 Å². The maximum Gasteiger partial charge on any atom is 0.269 e. The summed E-state index contributed by atoms with van der Waals surface area (Å²) < 4.78 is 1.69. The highest BCUT2D eigenvalue weighted by Crippen LogP contribution is 1.96. The number of carbonyl (C=O) groups excluding carboxylic acids is 1. The molecule has 0 bridgehead atoms. The van der Waals surface area contributed by atoms with E-state index >= 15 is 0 Å². The molecule has 0 saturated heterocycles. The van der Waals surface area contributed by atoms with Gasteiger partial charge in [0.1, 0.15) is 17.8 Å². The molecule has 0 spiro atoms. The number of amides is 1. The molecule has 2 N–H and O–H groups in total. The van der Waals surface area contributed by atoms with Crippen LogP contribution in [0, 0.1) is 0 Å². The first kappa shape index (κ1) is 11.3. The minimum atomic E-state index is -0.109. The second kappa shape index (κ2) is 5.24. The van der Waals surface area contributed by atoms with Crippen LogP contribution in [0.15, 0.2) is 18.9 Å². The molecule has 0 unspecified atom stereocenters. The van der Waals surface area contributed by atoms with Crippen molar-refractivity contribution in [3.05, 3.63) is 30.4 Å². The molecule has 2 rings (SSSR count). The average Bonchev–Trinajstić information content (AvgIpc) is 2.95. The summed E-state index contributed by atoms with van der Waals surface area (Å²) >= 11 is 0. The first-order valence-electron chi connectivity index (χ1n) is 5.36. The van der Waals surface area contributed by atoms with Crippen molar-refractivity contribution < 1.29 is 4.79 Å². The number of nitrogens with zero attached hydrogens (tertiary/aromatic N) is 4. The number of aryl methyl sites for hydroxylation is 2. The van der Waals surface area contributed by atoms with Crippen LogP contribution in [-0.2, 0) is 13.5 Å². The van der Waals surface area contributed by atoms with E-state index in [4.69, 9.17) is 0 Å². The molecule has 0 aliphatic rings. The van der Waals surface area contributed by atoms with Gasteiger partial charge in [0.05, 0.1) is 12.5 Å². The quantitative estimate of drug-likeness (QED) is 0.707. The molecule has 17 heavy (non-hydrogen) atoms. The van der Waals surface area contributed by atoms with E-state index in [1.165, 1.54) is 6.33 Å². The van der Waals surface area contributed by atoms with Crippen LogP contribution in [0.4, 0.5) is 0 Å². The van der Waals surface area contributed by atoms with Crippen molar-refractivity contribution in [1.29, 1.82) is 0 Å². The lowest BCUT2D eigenvalue weighted by Crippen LogP contribution is -2.26. The predicted octanol–water partition coefficient (Wildman–Crippen LogP) is -0.0992. The highest BCUT2D eigenvalue weighted by atomic mass is 16.1. The molecule has 0 atom stereocenters. The largest absolute Gasteiger partial charge is 0.351 e. The summed E-state index contributed by atoms with van der Waals surface area (Å²) in [4.78, 5) is 19.6. The Labute approximate surface area is 98.3 Å². The Bertz CT molecular complexity index is 475. The third-order valence-electron chi connectivity index (χ3n) is 2.39. The molecule has 0 radical (unpaired) electrons. The summed E-state index contributed by atoms with van der Waals surface area (Å²) in [7, 11) is 1.79. The van der Waals surface area contributed by atoms with Crippen LogP contribution in [0.25, 0.3) is 0 Å². The average molecular weight is 234 g/mol. The molecule has 2 aromatic heterocycles. The molecule has 0 saturated carbocycles. The van der Waals surface area contributed by atoms with Crippen molar-refractivity contribution in [2.24, 2.45) is 7.05 Å². The zero-order valence-corrected chi connectivity index (χ0v) is 9.55. The Morgan fingerprint density at radius 2 is 2.47 bits per heavy atom. The second-order valence-corrected chi connectivity index (χ2v) is 3.68. The number of hydrogen-bond donors (Lipinski definition) is 2. The van der Waals surface area contributed by atoms with E-state index in [0.717, 1.165) is 18.7 Å². The Morgan fingerprint density at radius 3 is 3.12 bits per heavy atom. The summed E-state index contributed by atoms with van der Waals surface area (Å²) in [5.74, 6) is 0.724. The number of rotatable bonds is 5. The van der Waals surface area contributed by atoms with Crippen molar-refractivity contribution in [3.63, 3.8) is 0 Å². The fourth-order valence-electron chi connectivity index (χ4n) is 1.48. The maximum absolute atomic E-state index is 11.7. The highest BCUT2D eigenvalue weighted by molar-refractivity contribution is 5.92. The molecule has 90 valence electrons. The first-order valence-corrected chi connectivity index (χ1v) is 5.36. The molecule has 2 aromatic rings. The van der Waals surface area contributed by atoms with Gasteiger partial charge in [0, 0.05) is 20.0 Å². The summed E-state index contributed by atoms with van der Waals surface area (Å²) in [6, 6.07) is 0. The van der Waals surface area contributed by atoms with E-state index in [1.54, 1.807) is 24.1 Å². The lowest BCUT2D eigenvalue weighted by atomic mass is 10.3. The van der Waals surface area contributed by atoms with Gasteiger partial charge in [-0.15, -0.1) is 0 Å². The van der Waals surface area contributed by atoms with Gasteiger partial charge < -0.3 is 9.88 Å². The number of aromatic nitrogens is 5. The van der Waals surface area contributed by atoms with Crippen molar-refractivity contribution in [3.8, 4) is 0 Å². The molecule has 0 aromatic carbocycles. The van der Waals surface area contributed by atoms with Gasteiger partial charge >= 0.3 is 0 Å². The first-order chi connectivity index (χ1) is 8.27. The number of H-pyrrole nitrogens is 1. The standard InChI is InChI=1S/C10H14N6O/c1-16-7-11-5-8(16)10(17)12-4-2-3-9-13-6-14-15-9/h5-7H,2-4H2,1H3,(H,12,17)(H,13,14,15). The molecule has 1 amide bonds. The molecule has 7 nitrogen and oxygen atoms in total. The van der Waals surface area contributed by atoms with Gasteiger partial charge in [0.2, 0.25) is 0 Å². The Morgan fingerprint density at radius 1 is 1.59 bits per heavy atom. The lowest BCUT2D eigenvalue weighted by Gasteiger charge is -2.04. The van der Waals surface area contributed by atoms with E-state index in [0.29, 0.717) is 12.2 Å². The molecule has 7 heteroatoms. The summed E-state index contributed by atoms with van der Waals surface area (Å²) in [5.41, 5.74) is 0.560. The number of aromatic amines is 1. The van der Waals surface area contributed by atoms with Gasteiger partial charge in [-0.2, -0.15) is 5.10 Å². The normalized spacial score (nSPS) is 10.4. The number of carbonyl (C=O) groups is 1. The van der Waals surface area contributed by atoms with Crippen molar-refractivity contribution in [2.45, 2.75) is 12.8 Å². The fourth-order valence-corrected chi connectivity index (χ4v) is 1.48. The van der Waals surface area contributed by atoms with Crippen LogP contribution in [0.3, 0.4) is 0 Å².